The van der Waals surface area contributed by atoms with Crippen LogP contribution in [0.1, 0.15) is 35.2 Å². The smallest absolute Gasteiger partial charge is 0.259 e. The first-order chi connectivity index (χ1) is 17.8. The highest BCUT2D eigenvalue weighted by molar-refractivity contribution is 6.30. The maximum atomic E-state index is 14.4. The molecule has 1 unspecified atom stereocenters. The summed E-state index contributed by atoms with van der Waals surface area (Å²) < 4.78 is 34.8. The average Bonchev–Trinajstić information content (AvgIpc) is 2.89. The van der Waals surface area contributed by atoms with Crippen molar-refractivity contribution in [2.75, 3.05) is 26.7 Å². The summed E-state index contributed by atoms with van der Waals surface area (Å²) in [4.78, 5) is 29.6. The van der Waals surface area contributed by atoms with E-state index in [1.807, 2.05) is 30.3 Å². The van der Waals surface area contributed by atoms with Gasteiger partial charge in [0.2, 0.25) is 5.91 Å². The number of ether oxygens (including phenoxy) is 1. The topological polar surface area (TPSA) is 49.9 Å². The Labute approximate surface area is 220 Å². The van der Waals surface area contributed by atoms with Crippen LogP contribution in [0.15, 0.2) is 72.8 Å². The van der Waals surface area contributed by atoms with E-state index < -0.39 is 28.5 Å². The molecule has 0 aromatic heterocycles. The summed E-state index contributed by atoms with van der Waals surface area (Å²) in [6.45, 7) is 1.07. The predicted molar refractivity (Wildman–Crippen MR) is 138 cm³/mol. The van der Waals surface area contributed by atoms with E-state index in [0.29, 0.717) is 36.7 Å². The van der Waals surface area contributed by atoms with Gasteiger partial charge in [-0.05, 0) is 54.8 Å². The van der Waals surface area contributed by atoms with Crippen LogP contribution in [-0.2, 0) is 11.3 Å². The van der Waals surface area contributed by atoms with Crippen LogP contribution in [0.2, 0.25) is 5.02 Å². The van der Waals surface area contributed by atoms with Gasteiger partial charge in [0.05, 0.1) is 6.61 Å². The molecular weight excluding hydrogens is 498 g/mol. The van der Waals surface area contributed by atoms with Gasteiger partial charge < -0.3 is 14.5 Å². The second-order valence-electron chi connectivity index (χ2n) is 9.58. The number of amides is 2. The molecule has 37 heavy (non-hydrogen) atoms. The molecule has 5 nitrogen and oxygen atoms in total. The van der Waals surface area contributed by atoms with E-state index in [9.17, 15) is 18.4 Å². The van der Waals surface area contributed by atoms with Crippen molar-refractivity contribution in [1.29, 1.82) is 0 Å². The number of hydrogen-bond donors (Lipinski definition) is 0. The molecule has 1 fully saturated rings. The summed E-state index contributed by atoms with van der Waals surface area (Å²) in [5.74, 6) is -2.06. The van der Waals surface area contributed by atoms with Gasteiger partial charge >= 0.3 is 0 Å². The van der Waals surface area contributed by atoms with Crippen molar-refractivity contribution in [3.8, 4) is 5.75 Å². The van der Waals surface area contributed by atoms with Crippen molar-refractivity contribution in [3.05, 3.63) is 101 Å². The minimum absolute atomic E-state index is 0.102. The zero-order chi connectivity index (χ0) is 26.4. The number of piperidine rings is 1. The Morgan fingerprint density at radius 3 is 2.35 bits per heavy atom. The molecule has 3 aromatic rings. The average molecular weight is 527 g/mol. The lowest BCUT2D eigenvalue weighted by Crippen LogP contribution is -2.51. The summed E-state index contributed by atoms with van der Waals surface area (Å²) in [6.07, 6.45) is 1.31. The quantitative estimate of drug-likeness (QED) is 0.363. The van der Waals surface area contributed by atoms with E-state index in [1.165, 1.54) is 11.0 Å². The van der Waals surface area contributed by atoms with Gasteiger partial charge in [0.15, 0.2) is 0 Å². The lowest BCUT2D eigenvalue weighted by molar-refractivity contribution is -0.134. The maximum Gasteiger partial charge on any atom is 0.259 e. The first kappa shape index (κ1) is 26.6. The van der Waals surface area contributed by atoms with E-state index in [4.69, 9.17) is 16.3 Å². The van der Waals surface area contributed by atoms with E-state index in [0.717, 1.165) is 17.7 Å². The van der Waals surface area contributed by atoms with Crippen molar-refractivity contribution >= 4 is 23.4 Å². The Bertz CT molecular complexity index is 1220. The fourth-order valence-electron chi connectivity index (χ4n) is 4.72. The monoisotopic (exact) mass is 526 g/mol. The minimum atomic E-state index is -0.905. The number of halogens is 3. The van der Waals surface area contributed by atoms with Gasteiger partial charge in [-0.25, -0.2) is 8.78 Å². The third-order valence-electron chi connectivity index (χ3n) is 6.70. The molecule has 0 saturated carbocycles. The highest BCUT2D eigenvalue weighted by atomic mass is 35.5. The van der Waals surface area contributed by atoms with Crippen LogP contribution in [0.3, 0.4) is 0 Å². The fraction of sp³-hybridized carbons (Fsp3) is 0.310. The van der Waals surface area contributed by atoms with E-state index in [-0.39, 0.29) is 25.5 Å². The molecular formula is C29H29ClF2N2O3. The first-order valence-corrected chi connectivity index (χ1v) is 12.5. The van der Waals surface area contributed by atoms with Crippen LogP contribution in [0, 0.1) is 17.0 Å². The largest absolute Gasteiger partial charge is 0.493 e. The normalized spacial score (nSPS) is 17.4. The molecule has 1 aliphatic rings. The zero-order valence-electron chi connectivity index (χ0n) is 20.6. The van der Waals surface area contributed by atoms with Gasteiger partial charge in [0, 0.05) is 43.5 Å². The van der Waals surface area contributed by atoms with Crippen LogP contribution < -0.4 is 4.74 Å². The van der Waals surface area contributed by atoms with Gasteiger partial charge in [0.25, 0.3) is 5.91 Å². The SMILES string of the molecule is CN(Cc1ccccc1)C(=O)CC1(COc2ccc(Cl)cc2)CCCN(C(=O)c2c(F)cccc2F)C1. The number of rotatable bonds is 8. The van der Waals surface area contributed by atoms with Gasteiger partial charge in [-0.15, -0.1) is 0 Å². The summed E-state index contributed by atoms with van der Waals surface area (Å²) in [7, 11) is 1.74. The van der Waals surface area contributed by atoms with Crippen molar-refractivity contribution < 1.29 is 23.1 Å². The molecule has 0 radical (unpaired) electrons. The molecule has 1 aliphatic heterocycles. The molecule has 0 N–H and O–H groups in total. The molecule has 2 amide bonds. The molecule has 0 spiro atoms. The number of carbonyl (C=O) groups excluding carboxylic acids is 2. The van der Waals surface area contributed by atoms with E-state index >= 15 is 0 Å². The molecule has 3 aromatic carbocycles. The highest BCUT2D eigenvalue weighted by Gasteiger charge is 2.41. The van der Waals surface area contributed by atoms with Gasteiger partial charge in [-0.3, -0.25) is 9.59 Å². The Morgan fingerprint density at radius 2 is 1.68 bits per heavy atom. The minimum Gasteiger partial charge on any atom is -0.493 e. The van der Waals surface area contributed by atoms with Crippen LogP contribution in [0.4, 0.5) is 8.78 Å². The molecule has 194 valence electrons. The van der Waals surface area contributed by atoms with Crippen LogP contribution in [0.25, 0.3) is 0 Å². The molecule has 0 aliphatic carbocycles. The molecule has 1 heterocycles. The molecule has 4 rings (SSSR count). The molecule has 1 atom stereocenters. The van der Waals surface area contributed by atoms with E-state index in [2.05, 4.69) is 0 Å². The summed E-state index contributed by atoms with van der Waals surface area (Å²) in [5.41, 5.74) is -0.318. The lowest BCUT2D eigenvalue weighted by atomic mass is 9.77. The van der Waals surface area contributed by atoms with Gasteiger partial charge in [0.1, 0.15) is 22.9 Å². The van der Waals surface area contributed by atoms with Crippen molar-refractivity contribution in [2.45, 2.75) is 25.8 Å². The number of carbonyl (C=O) groups is 2. The number of benzene rings is 3. The Morgan fingerprint density at radius 1 is 1.00 bits per heavy atom. The molecule has 0 bridgehead atoms. The summed E-state index contributed by atoms with van der Waals surface area (Å²) >= 11 is 5.98. The van der Waals surface area contributed by atoms with Crippen LogP contribution >= 0.6 is 11.6 Å². The second-order valence-corrected chi connectivity index (χ2v) is 10.0. The third-order valence-corrected chi connectivity index (χ3v) is 6.95. The lowest BCUT2D eigenvalue weighted by Gasteiger charge is -2.43. The number of hydrogen-bond acceptors (Lipinski definition) is 3. The zero-order valence-corrected chi connectivity index (χ0v) is 21.4. The molecule has 1 saturated heterocycles. The van der Waals surface area contributed by atoms with Crippen molar-refractivity contribution in [3.63, 3.8) is 0 Å². The second kappa shape index (κ2) is 11.7. The third kappa shape index (κ3) is 6.66. The number of likely N-dealkylation sites (tertiary alicyclic amines) is 1. The van der Waals surface area contributed by atoms with Crippen LogP contribution in [0.5, 0.6) is 5.75 Å². The number of nitrogens with zero attached hydrogens (tertiary/aromatic N) is 2. The first-order valence-electron chi connectivity index (χ1n) is 12.2. The van der Waals surface area contributed by atoms with Crippen LogP contribution in [-0.4, -0.2) is 48.4 Å². The van der Waals surface area contributed by atoms with E-state index in [1.54, 1.807) is 36.2 Å². The molecule has 8 heteroatoms. The summed E-state index contributed by atoms with van der Waals surface area (Å²) in [6, 6.07) is 19.9. The van der Waals surface area contributed by atoms with Gasteiger partial charge in [-0.2, -0.15) is 0 Å². The summed E-state index contributed by atoms with van der Waals surface area (Å²) in [5, 5.41) is 0.570. The Kier molecular flexibility index (Phi) is 8.44. The Balaban J connectivity index is 1.55. The van der Waals surface area contributed by atoms with Crippen molar-refractivity contribution in [1.82, 2.24) is 9.80 Å². The Hall–Kier alpha value is -3.45. The van der Waals surface area contributed by atoms with Gasteiger partial charge in [-0.1, -0.05) is 48.0 Å². The highest BCUT2D eigenvalue weighted by Crippen LogP contribution is 2.36. The maximum absolute atomic E-state index is 14.4. The fourth-order valence-corrected chi connectivity index (χ4v) is 4.85. The standard InChI is InChI=1S/C29H29ClF2N2O3/c1-33(18-21-7-3-2-4-8-21)26(35)17-29(20-37-23-13-11-22(30)12-14-23)15-6-16-34(19-29)28(36)27-24(31)9-5-10-25(27)32/h2-5,7-14H,6,15-20H2,1H3. The van der Waals surface area contributed by atoms with Crippen molar-refractivity contribution in [2.24, 2.45) is 5.41 Å². The predicted octanol–water partition coefficient (Wildman–Crippen LogP) is 5.97.